The van der Waals surface area contributed by atoms with Crippen LogP contribution in [0.1, 0.15) is 47.2 Å². The van der Waals surface area contributed by atoms with Crippen molar-refractivity contribution in [2.75, 3.05) is 19.7 Å². The molecule has 0 unspecified atom stereocenters. The van der Waals surface area contributed by atoms with Crippen molar-refractivity contribution < 1.29 is 18.7 Å². The molecule has 0 atom stereocenters. The van der Waals surface area contributed by atoms with E-state index in [-0.39, 0.29) is 18.4 Å². The standard InChI is InChI=1S/C21H25N3O4/c1-14-12-19(16(3)28-14)21(26)23-22-15(2)17-6-8-18(9-7-17)27-13-20(25)24-10-4-5-11-24/h6-9,12H,4-5,10-11,13H2,1-3H3,(H,23,26)/b22-15+. The number of likely N-dealkylation sites (tertiary alicyclic amines) is 1. The summed E-state index contributed by atoms with van der Waals surface area (Å²) >= 11 is 0. The first-order valence-corrected chi connectivity index (χ1v) is 9.36. The molecule has 1 aromatic carbocycles. The minimum Gasteiger partial charge on any atom is -0.484 e. The predicted molar refractivity (Wildman–Crippen MR) is 106 cm³/mol. The summed E-state index contributed by atoms with van der Waals surface area (Å²) < 4.78 is 10.9. The lowest BCUT2D eigenvalue weighted by Crippen LogP contribution is -2.32. The van der Waals surface area contributed by atoms with Crippen LogP contribution in [0.25, 0.3) is 0 Å². The van der Waals surface area contributed by atoms with E-state index in [1.807, 2.05) is 17.0 Å². The van der Waals surface area contributed by atoms with Crippen molar-refractivity contribution in [2.24, 2.45) is 5.10 Å². The van der Waals surface area contributed by atoms with E-state index in [1.54, 1.807) is 39.0 Å². The normalized spacial score (nSPS) is 14.2. The van der Waals surface area contributed by atoms with E-state index in [2.05, 4.69) is 10.5 Å². The quantitative estimate of drug-likeness (QED) is 0.614. The van der Waals surface area contributed by atoms with Crippen molar-refractivity contribution in [3.63, 3.8) is 0 Å². The maximum atomic E-state index is 12.2. The van der Waals surface area contributed by atoms with Gasteiger partial charge in [-0.2, -0.15) is 5.10 Å². The molecule has 2 heterocycles. The van der Waals surface area contributed by atoms with E-state index in [9.17, 15) is 9.59 Å². The molecule has 0 bridgehead atoms. The van der Waals surface area contributed by atoms with E-state index < -0.39 is 0 Å². The van der Waals surface area contributed by atoms with Crippen LogP contribution in [0.5, 0.6) is 5.75 Å². The fraction of sp³-hybridized carbons (Fsp3) is 0.381. The van der Waals surface area contributed by atoms with Crippen LogP contribution < -0.4 is 10.2 Å². The van der Waals surface area contributed by atoms with Gasteiger partial charge in [-0.1, -0.05) is 0 Å². The smallest absolute Gasteiger partial charge is 0.274 e. The van der Waals surface area contributed by atoms with Crippen LogP contribution in [-0.2, 0) is 4.79 Å². The van der Waals surface area contributed by atoms with Crippen molar-refractivity contribution in [3.05, 3.63) is 53.0 Å². The van der Waals surface area contributed by atoms with E-state index in [0.29, 0.717) is 28.5 Å². The fourth-order valence-corrected chi connectivity index (χ4v) is 3.11. The zero-order valence-corrected chi connectivity index (χ0v) is 16.4. The fourth-order valence-electron chi connectivity index (χ4n) is 3.11. The SMILES string of the molecule is C/C(=N\NC(=O)c1cc(C)oc1C)c1ccc(OCC(=O)N2CCCC2)cc1. The lowest BCUT2D eigenvalue weighted by molar-refractivity contribution is -0.132. The summed E-state index contributed by atoms with van der Waals surface area (Å²) in [5, 5.41) is 4.15. The molecule has 2 aromatic rings. The molecule has 1 aliphatic rings. The van der Waals surface area contributed by atoms with Crippen LogP contribution in [0.3, 0.4) is 0 Å². The van der Waals surface area contributed by atoms with Gasteiger partial charge in [0.05, 0.1) is 11.3 Å². The van der Waals surface area contributed by atoms with Gasteiger partial charge in [-0.15, -0.1) is 0 Å². The van der Waals surface area contributed by atoms with Gasteiger partial charge in [0.2, 0.25) is 0 Å². The molecular weight excluding hydrogens is 358 g/mol. The number of nitrogens with one attached hydrogen (secondary N) is 1. The highest BCUT2D eigenvalue weighted by Gasteiger charge is 2.18. The van der Waals surface area contributed by atoms with Gasteiger partial charge in [0.15, 0.2) is 6.61 Å². The summed E-state index contributed by atoms with van der Waals surface area (Å²) in [6.07, 6.45) is 2.13. The number of hydrazone groups is 1. The Hall–Kier alpha value is -3.09. The van der Waals surface area contributed by atoms with Crippen LogP contribution in [0.4, 0.5) is 0 Å². The summed E-state index contributed by atoms with van der Waals surface area (Å²) in [6, 6.07) is 8.95. The summed E-state index contributed by atoms with van der Waals surface area (Å²) in [6.45, 7) is 7.03. The average Bonchev–Trinajstić information content (AvgIpc) is 3.34. The van der Waals surface area contributed by atoms with Gasteiger partial charge in [0.25, 0.3) is 11.8 Å². The molecule has 1 aliphatic heterocycles. The number of nitrogens with zero attached hydrogens (tertiary/aromatic N) is 2. The van der Waals surface area contributed by atoms with Gasteiger partial charge < -0.3 is 14.1 Å². The number of aryl methyl sites for hydroxylation is 2. The highest BCUT2D eigenvalue weighted by atomic mass is 16.5. The summed E-state index contributed by atoms with van der Waals surface area (Å²) in [4.78, 5) is 26.0. The number of hydrogen-bond donors (Lipinski definition) is 1. The number of benzene rings is 1. The number of hydrogen-bond acceptors (Lipinski definition) is 5. The minimum atomic E-state index is -0.311. The zero-order chi connectivity index (χ0) is 20.1. The van der Waals surface area contributed by atoms with Gasteiger partial charge in [0, 0.05) is 13.1 Å². The lowest BCUT2D eigenvalue weighted by atomic mass is 10.1. The van der Waals surface area contributed by atoms with Crippen LogP contribution in [0, 0.1) is 13.8 Å². The second kappa shape index (κ2) is 8.73. The van der Waals surface area contributed by atoms with E-state index >= 15 is 0 Å². The first-order valence-electron chi connectivity index (χ1n) is 9.36. The number of carbonyl (C=O) groups excluding carboxylic acids is 2. The number of amides is 2. The van der Waals surface area contributed by atoms with Gasteiger partial charge in [0.1, 0.15) is 17.3 Å². The molecular formula is C21H25N3O4. The van der Waals surface area contributed by atoms with E-state index in [0.717, 1.165) is 31.5 Å². The molecule has 148 valence electrons. The average molecular weight is 383 g/mol. The first-order chi connectivity index (χ1) is 13.4. The largest absolute Gasteiger partial charge is 0.484 e. The molecule has 0 aliphatic carbocycles. The Balaban J connectivity index is 1.54. The number of furan rings is 1. The monoisotopic (exact) mass is 383 g/mol. The summed E-state index contributed by atoms with van der Waals surface area (Å²) in [5.74, 6) is 1.58. The highest BCUT2D eigenvalue weighted by molar-refractivity contribution is 6.01. The first kappa shape index (κ1) is 19.7. The van der Waals surface area contributed by atoms with Gasteiger partial charge in [-0.05, 0) is 69.5 Å². The molecule has 1 fully saturated rings. The van der Waals surface area contributed by atoms with Crippen LogP contribution in [-0.4, -0.2) is 42.1 Å². The molecule has 1 aromatic heterocycles. The van der Waals surface area contributed by atoms with E-state index in [1.165, 1.54) is 0 Å². The van der Waals surface area contributed by atoms with Crippen LogP contribution in [0.15, 0.2) is 39.9 Å². The third-order valence-electron chi connectivity index (χ3n) is 4.70. The molecule has 3 rings (SSSR count). The molecule has 0 spiro atoms. The van der Waals surface area contributed by atoms with Gasteiger partial charge in [-0.25, -0.2) is 5.43 Å². The van der Waals surface area contributed by atoms with Gasteiger partial charge >= 0.3 is 0 Å². The van der Waals surface area contributed by atoms with Crippen molar-refractivity contribution >= 4 is 17.5 Å². The molecule has 0 radical (unpaired) electrons. The Morgan fingerprint density at radius 1 is 1.18 bits per heavy atom. The van der Waals surface area contributed by atoms with Crippen LogP contribution >= 0.6 is 0 Å². The Labute approximate surface area is 164 Å². The lowest BCUT2D eigenvalue weighted by Gasteiger charge is -2.15. The van der Waals surface area contributed by atoms with Gasteiger partial charge in [-0.3, -0.25) is 9.59 Å². The highest BCUT2D eigenvalue weighted by Crippen LogP contribution is 2.15. The number of ether oxygens (including phenoxy) is 1. The maximum absolute atomic E-state index is 12.2. The minimum absolute atomic E-state index is 0.0202. The molecule has 7 heteroatoms. The zero-order valence-electron chi connectivity index (χ0n) is 16.4. The summed E-state index contributed by atoms with van der Waals surface area (Å²) in [5.41, 5.74) is 4.52. The van der Waals surface area contributed by atoms with Crippen molar-refractivity contribution in [1.82, 2.24) is 10.3 Å². The molecule has 7 nitrogen and oxygen atoms in total. The third-order valence-corrected chi connectivity index (χ3v) is 4.70. The molecule has 28 heavy (non-hydrogen) atoms. The maximum Gasteiger partial charge on any atom is 0.274 e. The van der Waals surface area contributed by atoms with Crippen molar-refractivity contribution in [1.29, 1.82) is 0 Å². The Morgan fingerprint density at radius 3 is 2.46 bits per heavy atom. The number of carbonyl (C=O) groups is 2. The third kappa shape index (κ3) is 4.79. The van der Waals surface area contributed by atoms with Crippen molar-refractivity contribution in [2.45, 2.75) is 33.6 Å². The predicted octanol–water partition coefficient (Wildman–Crippen LogP) is 3.05. The number of rotatable bonds is 6. The second-order valence-corrected chi connectivity index (χ2v) is 6.87. The molecule has 1 N–H and O–H groups in total. The van der Waals surface area contributed by atoms with Crippen LogP contribution in [0.2, 0.25) is 0 Å². The Kier molecular flexibility index (Phi) is 6.13. The molecule has 1 saturated heterocycles. The van der Waals surface area contributed by atoms with E-state index in [4.69, 9.17) is 9.15 Å². The Bertz CT molecular complexity index is 878. The molecule has 2 amide bonds. The Morgan fingerprint density at radius 2 is 1.86 bits per heavy atom. The second-order valence-electron chi connectivity index (χ2n) is 6.87. The molecule has 0 saturated carbocycles. The topological polar surface area (TPSA) is 84.1 Å². The van der Waals surface area contributed by atoms with Crippen molar-refractivity contribution in [3.8, 4) is 5.75 Å². The summed E-state index contributed by atoms with van der Waals surface area (Å²) in [7, 11) is 0.